The van der Waals surface area contributed by atoms with Crippen molar-refractivity contribution < 1.29 is 4.43 Å². The summed E-state index contributed by atoms with van der Waals surface area (Å²) < 4.78 is 5.74. The molecule has 1 atom stereocenters. The van der Waals surface area contributed by atoms with Crippen molar-refractivity contribution in [2.45, 2.75) is 59.0 Å². The molecule has 0 amide bonds. The molecule has 0 fully saturated rings. The Morgan fingerprint density at radius 3 is 2.35 bits per heavy atom. The summed E-state index contributed by atoms with van der Waals surface area (Å²) in [6.07, 6.45) is 6.22. The molecule has 0 saturated carbocycles. The first-order valence-corrected chi connectivity index (χ1v) is 7.73. The Hall–Kier alpha value is -0.603. The molecule has 0 N–H and O–H groups in total. The topological polar surface area (TPSA) is 9.23 Å². The number of hydrogen-bond donors (Lipinski definition) is 0. The summed E-state index contributed by atoms with van der Waals surface area (Å²) in [6.45, 7) is 6.72. The van der Waals surface area contributed by atoms with Gasteiger partial charge >= 0.3 is 0 Å². The second kappa shape index (κ2) is 7.67. The molecule has 1 rings (SSSR count). The van der Waals surface area contributed by atoms with Crippen LogP contribution >= 0.6 is 0 Å². The molecule has 1 aromatic rings. The zero-order chi connectivity index (χ0) is 12.7. The Morgan fingerprint density at radius 2 is 1.82 bits per heavy atom. The van der Waals surface area contributed by atoms with E-state index in [1.165, 1.54) is 36.8 Å². The van der Waals surface area contributed by atoms with Gasteiger partial charge in [0.2, 0.25) is 0 Å². The monoisotopic (exact) mass is 250 g/mol. The van der Waals surface area contributed by atoms with E-state index >= 15 is 0 Å². The molecule has 0 aromatic heterocycles. The smallest absolute Gasteiger partial charge is 0.146 e. The molecule has 1 unspecified atom stereocenters. The fourth-order valence-electron chi connectivity index (χ4n) is 2.53. The normalized spacial score (nSPS) is 12.9. The molecular weight excluding hydrogens is 224 g/mol. The van der Waals surface area contributed by atoms with E-state index in [2.05, 4.69) is 39.0 Å². The standard InChI is InChI=1S/C15H26OSi/c1-4-8-12-10-7-11-14(13(12)9-5-2)15(6-3)16-17/h7,10-11,15H,4-6,8-9H2,1-3,17H3. The average Bonchev–Trinajstić information content (AvgIpc) is 2.34. The summed E-state index contributed by atoms with van der Waals surface area (Å²) in [5.74, 6) is 0. The minimum absolute atomic E-state index is 0.319. The predicted octanol–water partition coefficient (Wildman–Crippen LogP) is 3.34. The van der Waals surface area contributed by atoms with Crippen LogP contribution in [0.25, 0.3) is 0 Å². The summed E-state index contributed by atoms with van der Waals surface area (Å²) in [5, 5.41) is 0. The van der Waals surface area contributed by atoms with Crippen LogP contribution in [0.1, 0.15) is 62.8 Å². The lowest BCUT2D eigenvalue weighted by Crippen LogP contribution is -2.07. The number of benzene rings is 1. The largest absolute Gasteiger partial charge is 0.421 e. The van der Waals surface area contributed by atoms with Crippen LogP contribution in [-0.2, 0) is 17.3 Å². The van der Waals surface area contributed by atoms with Crippen molar-refractivity contribution in [2.24, 2.45) is 0 Å². The maximum atomic E-state index is 5.74. The maximum Gasteiger partial charge on any atom is 0.146 e. The molecule has 0 aliphatic rings. The van der Waals surface area contributed by atoms with Crippen molar-refractivity contribution in [1.82, 2.24) is 0 Å². The third-order valence-electron chi connectivity index (χ3n) is 3.33. The summed E-state index contributed by atoms with van der Waals surface area (Å²) in [4.78, 5) is 0. The molecule has 0 bridgehead atoms. The lowest BCUT2D eigenvalue weighted by atomic mass is 9.91. The molecule has 1 aromatic carbocycles. The van der Waals surface area contributed by atoms with Gasteiger partial charge in [-0.25, -0.2) is 0 Å². The van der Waals surface area contributed by atoms with Crippen LogP contribution in [0.4, 0.5) is 0 Å². The number of rotatable bonds is 7. The highest BCUT2D eigenvalue weighted by Gasteiger charge is 2.14. The van der Waals surface area contributed by atoms with Gasteiger partial charge in [0, 0.05) is 0 Å². The summed E-state index contributed by atoms with van der Waals surface area (Å²) in [6, 6.07) is 6.75. The molecule has 0 aliphatic carbocycles. The highest BCUT2D eigenvalue weighted by atomic mass is 28.2. The van der Waals surface area contributed by atoms with Crippen molar-refractivity contribution in [2.75, 3.05) is 0 Å². The van der Waals surface area contributed by atoms with Gasteiger partial charge in [-0.15, -0.1) is 0 Å². The van der Waals surface area contributed by atoms with Gasteiger partial charge in [0.25, 0.3) is 0 Å². The number of aryl methyl sites for hydroxylation is 1. The Bertz CT molecular complexity index is 332. The van der Waals surface area contributed by atoms with Gasteiger partial charge in [0.15, 0.2) is 0 Å². The van der Waals surface area contributed by atoms with Gasteiger partial charge < -0.3 is 4.43 Å². The van der Waals surface area contributed by atoms with Crippen LogP contribution in [0, 0.1) is 0 Å². The van der Waals surface area contributed by atoms with E-state index < -0.39 is 0 Å². The first-order valence-electron chi connectivity index (χ1n) is 6.91. The van der Waals surface area contributed by atoms with E-state index in [0.717, 1.165) is 16.9 Å². The van der Waals surface area contributed by atoms with Crippen LogP contribution in [0.2, 0.25) is 0 Å². The molecule has 0 radical (unpaired) electrons. The van der Waals surface area contributed by atoms with E-state index in [1.54, 1.807) is 5.56 Å². The minimum atomic E-state index is 0.319. The zero-order valence-electron chi connectivity index (χ0n) is 11.8. The van der Waals surface area contributed by atoms with E-state index in [0.29, 0.717) is 6.10 Å². The van der Waals surface area contributed by atoms with E-state index in [-0.39, 0.29) is 0 Å². The summed E-state index contributed by atoms with van der Waals surface area (Å²) in [7, 11) is 0.819. The van der Waals surface area contributed by atoms with E-state index in [1.807, 2.05) is 0 Å². The molecule has 96 valence electrons. The lowest BCUT2D eigenvalue weighted by molar-refractivity contribution is 0.221. The second-order valence-corrected chi connectivity index (χ2v) is 5.09. The van der Waals surface area contributed by atoms with Crippen LogP contribution in [0.3, 0.4) is 0 Å². The van der Waals surface area contributed by atoms with Gasteiger partial charge in [-0.1, -0.05) is 51.8 Å². The zero-order valence-corrected chi connectivity index (χ0v) is 13.8. The highest BCUT2D eigenvalue weighted by Crippen LogP contribution is 2.28. The summed E-state index contributed by atoms with van der Waals surface area (Å²) in [5.41, 5.74) is 4.53. The molecule has 0 saturated heterocycles. The van der Waals surface area contributed by atoms with Crippen LogP contribution in [-0.4, -0.2) is 10.5 Å². The van der Waals surface area contributed by atoms with Gasteiger partial charge in [-0.3, -0.25) is 0 Å². The predicted molar refractivity (Wildman–Crippen MR) is 78.5 cm³/mol. The van der Waals surface area contributed by atoms with Crippen molar-refractivity contribution >= 4 is 10.5 Å². The second-order valence-electron chi connectivity index (χ2n) is 4.62. The third-order valence-corrected chi connectivity index (χ3v) is 3.90. The van der Waals surface area contributed by atoms with Gasteiger partial charge in [-0.2, -0.15) is 0 Å². The SMILES string of the molecule is CCCc1cccc(C(CC)O[SiH3])c1CCC. The van der Waals surface area contributed by atoms with Crippen molar-refractivity contribution in [3.05, 3.63) is 34.9 Å². The fourth-order valence-corrected chi connectivity index (χ4v) is 3.12. The van der Waals surface area contributed by atoms with Crippen molar-refractivity contribution in [3.63, 3.8) is 0 Å². The van der Waals surface area contributed by atoms with E-state index in [9.17, 15) is 0 Å². The average molecular weight is 250 g/mol. The molecule has 2 heteroatoms. The van der Waals surface area contributed by atoms with Crippen molar-refractivity contribution in [3.8, 4) is 0 Å². The van der Waals surface area contributed by atoms with Gasteiger partial charge in [-0.05, 0) is 36.0 Å². The Balaban J connectivity index is 3.13. The first-order chi connectivity index (χ1) is 8.28. The molecule has 0 spiro atoms. The molecule has 1 nitrogen and oxygen atoms in total. The van der Waals surface area contributed by atoms with Crippen LogP contribution in [0.15, 0.2) is 18.2 Å². The fraction of sp³-hybridized carbons (Fsp3) is 0.600. The Kier molecular flexibility index (Phi) is 6.52. The Labute approximate surface area is 109 Å². The van der Waals surface area contributed by atoms with Crippen LogP contribution in [0.5, 0.6) is 0 Å². The highest BCUT2D eigenvalue weighted by molar-refractivity contribution is 5.98. The van der Waals surface area contributed by atoms with Crippen molar-refractivity contribution in [1.29, 1.82) is 0 Å². The molecular formula is C15H26OSi. The van der Waals surface area contributed by atoms with Gasteiger partial charge in [0.1, 0.15) is 10.5 Å². The lowest BCUT2D eigenvalue weighted by Gasteiger charge is -2.21. The molecule has 0 heterocycles. The van der Waals surface area contributed by atoms with Crippen LogP contribution < -0.4 is 0 Å². The van der Waals surface area contributed by atoms with Gasteiger partial charge in [0.05, 0.1) is 6.10 Å². The minimum Gasteiger partial charge on any atom is -0.421 e. The molecule has 17 heavy (non-hydrogen) atoms. The molecule has 0 aliphatic heterocycles. The van der Waals surface area contributed by atoms with E-state index in [4.69, 9.17) is 4.43 Å². The first kappa shape index (κ1) is 14.5. The summed E-state index contributed by atoms with van der Waals surface area (Å²) >= 11 is 0. The Morgan fingerprint density at radius 1 is 1.12 bits per heavy atom. The maximum absolute atomic E-state index is 5.74. The number of hydrogen-bond acceptors (Lipinski definition) is 1. The third kappa shape index (κ3) is 3.68. The quantitative estimate of drug-likeness (QED) is 0.674.